The fourth-order valence-electron chi connectivity index (χ4n) is 4.67. The molecule has 2 fully saturated rings. The fraction of sp³-hybridized carbons (Fsp3) is 0.667. The molecular formula is C21H33N3O3+2. The number of rotatable bonds is 5. The van der Waals surface area contributed by atoms with Crippen LogP contribution in [0, 0.1) is 5.92 Å². The third kappa shape index (κ3) is 4.74. The summed E-state index contributed by atoms with van der Waals surface area (Å²) in [7, 11) is 0. The SMILES string of the molecule is C[C@H]1CCCC[C@H]1NC(=O)C[NH+]1CC[NH+](Cc2ccc3c(c2)OCO3)CC1. The molecule has 0 spiro atoms. The number of fused-ring (bicyclic) bond motifs is 1. The van der Waals surface area contributed by atoms with Crippen LogP contribution in [0.3, 0.4) is 0 Å². The predicted molar refractivity (Wildman–Crippen MR) is 102 cm³/mol. The molecule has 6 heteroatoms. The summed E-state index contributed by atoms with van der Waals surface area (Å²) in [5, 5.41) is 3.30. The third-order valence-electron chi connectivity index (χ3n) is 6.42. The van der Waals surface area contributed by atoms with Crippen molar-refractivity contribution in [2.24, 2.45) is 5.92 Å². The molecule has 1 aliphatic carbocycles. The number of hydrogen-bond acceptors (Lipinski definition) is 3. The van der Waals surface area contributed by atoms with E-state index in [1.807, 2.05) is 6.07 Å². The van der Waals surface area contributed by atoms with Gasteiger partial charge < -0.3 is 24.6 Å². The second kappa shape index (κ2) is 8.48. The zero-order valence-electron chi connectivity index (χ0n) is 16.4. The Morgan fingerprint density at radius 2 is 1.81 bits per heavy atom. The van der Waals surface area contributed by atoms with Crippen LogP contribution in [0.15, 0.2) is 18.2 Å². The van der Waals surface area contributed by atoms with Gasteiger partial charge in [-0.15, -0.1) is 0 Å². The minimum atomic E-state index is 0.239. The molecule has 0 bridgehead atoms. The zero-order valence-corrected chi connectivity index (χ0v) is 16.4. The summed E-state index contributed by atoms with van der Waals surface area (Å²) in [6.07, 6.45) is 4.96. The molecule has 0 radical (unpaired) electrons. The summed E-state index contributed by atoms with van der Waals surface area (Å²) in [5.74, 6) is 2.58. The van der Waals surface area contributed by atoms with Gasteiger partial charge in [0.1, 0.15) is 32.7 Å². The van der Waals surface area contributed by atoms with Gasteiger partial charge in [-0.2, -0.15) is 0 Å². The van der Waals surface area contributed by atoms with Crippen LogP contribution in [-0.2, 0) is 11.3 Å². The molecule has 1 saturated heterocycles. The molecule has 6 nitrogen and oxygen atoms in total. The van der Waals surface area contributed by atoms with Crippen LogP contribution in [0.5, 0.6) is 11.5 Å². The topological polar surface area (TPSA) is 56.4 Å². The highest BCUT2D eigenvalue weighted by Crippen LogP contribution is 2.32. The lowest BCUT2D eigenvalue weighted by Crippen LogP contribution is -3.28. The van der Waals surface area contributed by atoms with Crippen molar-refractivity contribution >= 4 is 5.91 Å². The van der Waals surface area contributed by atoms with Crippen molar-refractivity contribution in [1.29, 1.82) is 0 Å². The molecule has 1 aromatic carbocycles. The summed E-state index contributed by atoms with van der Waals surface area (Å²) in [5.41, 5.74) is 1.29. The number of carbonyl (C=O) groups excluding carboxylic acids is 1. The zero-order chi connectivity index (χ0) is 18.6. The average Bonchev–Trinajstić information content (AvgIpc) is 3.13. The highest BCUT2D eigenvalue weighted by atomic mass is 16.7. The van der Waals surface area contributed by atoms with E-state index in [9.17, 15) is 4.79 Å². The maximum Gasteiger partial charge on any atom is 0.275 e. The quantitative estimate of drug-likeness (QED) is 0.644. The molecule has 1 amide bonds. The van der Waals surface area contributed by atoms with Gasteiger partial charge in [0.05, 0.1) is 0 Å². The number of hydrogen-bond donors (Lipinski definition) is 3. The van der Waals surface area contributed by atoms with E-state index in [1.54, 1.807) is 4.90 Å². The second-order valence-electron chi connectivity index (χ2n) is 8.48. The van der Waals surface area contributed by atoms with Gasteiger partial charge in [0.15, 0.2) is 18.0 Å². The van der Waals surface area contributed by atoms with Gasteiger partial charge in [-0.05, 0) is 37.0 Å². The van der Waals surface area contributed by atoms with Crippen LogP contribution >= 0.6 is 0 Å². The first-order valence-corrected chi connectivity index (χ1v) is 10.5. The van der Waals surface area contributed by atoms with Crippen LogP contribution in [-0.4, -0.2) is 51.5 Å². The molecule has 3 N–H and O–H groups in total. The van der Waals surface area contributed by atoms with Gasteiger partial charge in [0.25, 0.3) is 5.91 Å². The molecule has 3 aliphatic rings. The monoisotopic (exact) mass is 375 g/mol. The van der Waals surface area contributed by atoms with E-state index in [4.69, 9.17) is 9.47 Å². The Balaban J connectivity index is 1.20. The Kier molecular flexibility index (Phi) is 5.83. The number of quaternary nitrogens is 2. The van der Waals surface area contributed by atoms with Gasteiger partial charge in [-0.3, -0.25) is 4.79 Å². The minimum absolute atomic E-state index is 0.239. The van der Waals surface area contributed by atoms with E-state index >= 15 is 0 Å². The van der Waals surface area contributed by atoms with Crippen LogP contribution in [0.1, 0.15) is 38.2 Å². The van der Waals surface area contributed by atoms with Crippen LogP contribution in [0.2, 0.25) is 0 Å². The van der Waals surface area contributed by atoms with Crippen molar-refractivity contribution in [3.05, 3.63) is 23.8 Å². The number of nitrogens with one attached hydrogen (secondary N) is 3. The average molecular weight is 376 g/mol. The molecule has 27 heavy (non-hydrogen) atoms. The normalized spacial score (nSPS) is 30.1. The van der Waals surface area contributed by atoms with Crippen molar-refractivity contribution in [3.63, 3.8) is 0 Å². The highest BCUT2D eigenvalue weighted by molar-refractivity contribution is 5.77. The Bertz CT molecular complexity index is 658. The molecule has 0 aromatic heterocycles. The first-order chi connectivity index (χ1) is 13.2. The van der Waals surface area contributed by atoms with E-state index in [-0.39, 0.29) is 5.91 Å². The standard InChI is InChI=1S/C21H31N3O3/c1-16-4-2-3-5-18(16)22-21(25)14-24-10-8-23(9-11-24)13-17-6-7-19-20(12-17)27-15-26-19/h6-7,12,16,18H,2-5,8-11,13-15H2,1H3,(H,22,25)/p+2/t16-,18+/m0/s1. The Morgan fingerprint density at radius 1 is 1.07 bits per heavy atom. The van der Waals surface area contributed by atoms with Gasteiger partial charge in [0, 0.05) is 11.6 Å². The smallest absolute Gasteiger partial charge is 0.275 e. The highest BCUT2D eigenvalue weighted by Gasteiger charge is 2.28. The summed E-state index contributed by atoms with van der Waals surface area (Å²) < 4.78 is 10.9. The summed E-state index contributed by atoms with van der Waals surface area (Å²) >= 11 is 0. The maximum atomic E-state index is 12.4. The molecular weight excluding hydrogens is 342 g/mol. The molecule has 2 heterocycles. The lowest BCUT2D eigenvalue weighted by atomic mass is 9.86. The van der Waals surface area contributed by atoms with Gasteiger partial charge in [-0.1, -0.05) is 19.8 Å². The van der Waals surface area contributed by atoms with Gasteiger partial charge in [0.2, 0.25) is 6.79 Å². The number of piperazine rings is 1. The third-order valence-corrected chi connectivity index (χ3v) is 6.42. The second-order valence-corrected chi connectivity index (χ2v) is 8.48. The Morgan fingerprint density at radius 3 is 2.63 bits per heavy atom. The van der Waals surface area contributed by atoms with Crippen LogP contribution in [0.4, 0.5) is 0 Å². The predicted octanol–water partition coefficient (Wildman–Crippen LogP) is -0.606. The Hall–Kier alpha value is -1.79. The van der Waals surface area contributed by atoms with Crippen LogP contribution < -0.4 is 24.6 Å². The van der Waals surface area contributed by atoms with Crippen molar-refractivity contribution < 1.29 is 24.1 Å². The van der Waals surface area contributed by atoms with Crippen molar-refractivity contribution in [3.8, 4) is 11.5 Å². The minimum Gasteiger partial charge on any atom is -0.454 e. The number of amides is 1. The number of ether oxygens (including phenoxy) is 2. The first-order valence-electron chi connectivity index (χ1n) is 10.5. The van der Waals surface area contributed by atoms with E-state index in [0.29, 0.717) is 25.3 Å². The van der Waals surface area contributed by atoms with E-state index in [1.165, 1.54) is 29.7 Å². The van der Waals surface area contributed by atoms with E-state index < -0.39 is 0 Å². The lowest BCUT2D eigenvalue weighted by molar-refractivity contribution is -1.02. The molecule has 4 rings (SSSR count). The molecule has 2 atom stereocenters. The van der Waals surface area contributed by atoms with Crippen molar-refractivity contribution in [1.82, 2.24) is 5.32 Å². The lowest BCUT2D eigenvalue weighted by Gasteiger charge is -2.32. The molecule has 148 valence electrons. The molecule has 2 aliphatic heterocycles. The first kappa shape index (κ1) is 18.6. The van der Waals surface area contributed by atoms with Crippen molar-refractivity contribution in [2.45, 2.75) is 45.2 Å². The summed E-state index contributed by atoms with van der Waals surface area (Å²) in [4.78, 5) is 15.4. The molecule has 1 saturated carbocycles. The summed E-state index contributed by atoms with van der Waals surface area (Å²) in [6, 6.07) is 6.64. The van der Waals surface area contributed by atoms with E-state index in [2.05, 4.69) is 24.4 Å². The van der Waals surface area contributed by atoms with Crippen molar-refractivity contribution in [2.75, 3.05) is 39.5 Å². The molecule has 0 unspecified atom stereocenters. The van der Waals surface area contributed by atoms with Gasteiger partial charge >= 0.3 is 0 Å². The number of carbonyl (C=O) groups is 1. The maximum absolute atomic E-state index is 12.4. The van der Waals surface area contributed by atoms with E-state index in [0.717, 1.165) is 50.6 Å². The summed E-state index contributed by atoms with van der Waals surface area (Å²) in [6.45, 7) is 8.58. The largest absolute Gasteiger partial charge is 0.454 e. The number of benzene rings is 1. The fourth-order valence-corrected chi connectivity index (χ4v) is 4.67. The Labute approximate surface area is 161 Å². The van der Waals surface area contributed by atoms with Crippen LogP contribution in [0.25, 0.3) is 0 Å². The molecule has 1 aromatic rings. The van der Waals surface area contributed by atoms with Gasteiger partial charge in [-0.25, -0.2) is 0 Å².